The van der Waals surface area contributed by atoms with Crippen molar-refractivity contribution in [3.63, 3.8) is 0 Å². The normalized spacial score (nSPS) is 14.4. The number of halogens is 2. The lowest BCUT2D eigenvalue weighted by atomic mass is 10.0. The Morgan fingerprint density at radius 3 is 2.54 bits per heavy atom. The lowest BCUT2D eigenvalue weighted by molar-refractivity contribution is -0.286. The van der Waals surface area contributed by atoms with Crippen molar-refractivity contribution in [3.8, 4) is 28.5 Å². The molecule has 0 saturated carbocycles. The first kappa shape index (κ1) is 16.1. The maximum Gasteiger partial charge on any atom is 0.586 e. The molecule has 0 atom stereocenters. The highest BCUT2D eigenvalue weighted by Gasteiger charge is 2.43. The number of pyridine rings is 1. The number of methoxy groups -OCH3 is 1. The molecule has 0 saturated heterocycles. The number of carboxylic acid groups (broad SMARTS) is 1. The van der Waals surface area contributed by atoms with Gasteiger partial charge in [-0.2, -0.15) is 0 Å². The minimum Gasteiger partial charge on any atom is -0.496 e. The van der Waals surface area contributed by atoms with Gasteiger partial charge >= 0.3 is 12.3 Å². The van der Waals surface area contributed by atoms with E-state index in [-0.39, 0.29) is 28.0 Å². The maximum absolute atomic E-state index is 13.3. The molecule has 0 radical (unpaired) electrons. The van der Waals surface area contributed by atoms with Crippen LogP contribution in [0.5, 0.6) is 17.2 Å². The summed E-state index contributed by atoms with van der Waals surface area (Å²) in [7, 11) is 1.48. The van der Waals surface area contributed by atoms with Gasteiger partial charge in [-0.25, -0.2) is 9.78 Å². The zero-order chi connectivity index (χ0) is 18.5. The average Bonchev–Trinajstić information content (AvgIpc) is 2.91. The third-order valence-corrected chi connectivity index (χ3v) is 3.95. The summed E-state index contributed by atoms with van der Waals surface area (Å²) >= 11 is 0. The molecule has 0 amide bonds. The lowest BCUT2D eigenvalue weighted by Gasteiger charge is -2.11. The molecular weight excluding hydrogens is 348 g/mol. The van der Waals surface area contributed by atoms with Crippen molar-refractivity contribution in [1.82, 2.24) is 4.98 Å². The summed E-state index contributed by atoms with van der Waals surface area (Å²) in [5, 5.41) is 9.72. The Balaban J connectivity index is 1.98. The summed E-state index contributed by atoms with van der Waals surface area (Å²) in [6, 6.07) is 10.7. The SMILES string of the molecule is COc1ccccc1-c1cc(C(=O)O)c2cc3c(cc2n1)OC(F)(F)O3. The van der Waals surface area contributed by atoms with Gasteiger partial charge in [0, 0.05) is 17.0 Å². The Morgan fingerprint density at radius 2 is 1.85 bits per heavy atom. The number of alkyl halides is 2. The van der Waals surface area contributed by atoms with Crippen LogP contribution in [0.25, 0.3) is 22.2 Å². The Labute approximate surface area is 145 Å². The van der Waals surface area contributed by atoms with Gasteiger partial charge in [-0.1, -0.05) is 12.1 Å². The van der Waals surface area contributed by atoms with E-state index in [1.165, 1.54) is 25.3 Å². The summed E-state index contributed by atoms with van der Waals surface area (Å²) in [5.41, 5.74) is 0.990. The number of carboxylic acids is 1. The molecule has 0 unspecified atom stereocenters. The van der Waals surface area contributed by atoms with Crippen molar-refractivity contribution >= 4 is 16.9 Å². The van der Waals surface area contributed by atoms with E-state index in [2.05, 4.69) is 14.5 Å². The molecule has 0 aliphatic carbocycles. The molecule has 132 valence electrons. The Bertz CT molecular complexity index is 1050. The van der Waals surface area contributed by atoms with E-state index in [1.54, 1.807) is 24.3 Å². The van der Waals surface area contributed by atoms with Gasteiger partial charge in [0.1, 0.15) is 5.75 Å². The van der Waals surface area contributed by atoms with Gasteiger partial charge in [-0.15, -0.1) is 8.78 Å². The minimum absolute atomic E-state index is 0.0995. The molecule has 2 heterocycles. The predicted molar refractivity (Wildman–Crippen MR) is 86.9 cm³/mol. The maximum atomic E-state index is 13.3. The van der Waals surface area contributed by atoms with Gasteiger partial charge in [-0.05, 0) is 24.3 Å². The van der Waals surface area contributed by atoms with Crippen LogP contribution in [0.3, 0.4) is 0 Å². The average molecular weight is 359 g/mol. The van der Waals surface area contributed by atoms with Crippen LogP contribution in [0.1, 0.15) is 10.4 Å². The number of hydrogen-bond acceptors (Lipinski definition) is 5. The minimum atomic E-state index is -3.80. The van der Waals surface area contributed by atoms with Crippen LogP contribution < -0.4 is 14.2 Å². The number of nitrogens with zero attached hydrogens (tertiary/aromatic N) is 1. The fourth-order valence-corrected chi connectivity index (χ4v) is 2.84. The molecule has 1 N–H and O–H groups in total. The van der Waals surface area contributed by atoms with E-state index in [4.69, 9.17) is 4.74 Å². The van der Waals surface area contributed by atoms with Crippen LogP contribution in [-0.2, 0) is 0 Å². The van der Waals surface area contributed by atoms with E-state index in [9.17, 15) is 18.7 Å². The summed E-state index contributed by atoms with van der Waals surface area (Å²) in [6.45, 7) is 0. The first-order valence-corrected chi connectivity index (χ1v) is 7.49. The van der Waals surface area contributed by atoms with E-state index in [0.29, 0.717) is 17.0 Å². The number of hydrogen-bond donors (Lipinski definition) is 1. The number of para-hydroxylation sites is 1. The highest BCUT2D eigenvalue weighted by molar-refractivity contribution is 6.04. The zero-order valence-electron chi connectivity index (χ0n) is 13.3. The summed E-state index contributed by atoms with van der Waals surface area (Å²) in [6.07, 6.45) is -3.80. The molecule has 6 nitrogen and oxygen atoms in total. The van der Waals surface area contributed by atoms with E-state index >= 15 is 0 Å². The van der Waals surface area contributed by atoms with Crippen LogP contribution in [0.2, 0.25) is 0 Å². The highest BCUT2D eigenvalue weighted by atomic mass is 19.3. The van der Waals surface area contributed by atoms with Crippen LogP contribution >= 0.6 is 0 Å². The Morgan fingerprint density at radius 1 is 1.15 bits per heavy atom. The van der Waals surface area contributed by atoms with Crippen LogP contribution in [0, 0.1) is 0 Å². The number of benzene rings is 2. The number of rotatable bonds is 3. The molecule has 0 fully saturated rings. The second-order valence-electron chi connectivity index (χ2n) is 5.54. The van der Waals surface area contributed by atoms with Gasteiger partial charge < -0.3 is 19.3 Å². The molecule has 4 rings (SSSR count). The second-order valence-corrected chi connectivity index (χ2v) is 5.54. The second kappa shape index (κ2) is 5.55. The van der Waals surface area contributed by atoms with Crippen molar-refractivity contribution in [1.29, 1.82) is 0 Å². The lowest BCUT2D eigenvalue weighted by Crippen LogP contribution is -2.25. The molecule has 0 bridgehead atoms. The van der Waals surface area contributed by atoms with Crippen molar-refractivity contribution in [2.24, 2.45) is 0 Å². The smallest absolute Gasteiger partial charge is 0.496 e. The molecule has 2 aromatic carbocycles. The molecule has 0 spiro atoms. The topological polar surface area (TPSA) is 77.9 Å². The first-order valence-electron chi connectivity index (χ1n) is 7.49. The Kier molecular flexibility index (Phi) is 3.43. The number of carbonyl (C=O) groups is 1. The van der Waals surface area contributed by atoms with Crippen molar-refractivity contribution < 1.29 is 32.9 Å². The van der Waals surface area contributed by atoms with Crippen molar-refractivity contribution in [2.75, 3.05) is 7.11 Å². The number of aromatic carboxylic acids is 1. The van der Waals surface area contributed by atoms with Crippen molar-refractivity contribution in [3.05, 3.63) is 48.0 Å². The summed E-state index contributed by atoms with van der Waals surface area (Å²) < 4.78 is 40.7. The number of aromatic nitrogens is 1. The molecule has 3 aromatic rings. The summed E-state index contributed by atoms with van der Waals surface area (Å²) in [5.74, 6) is -1.16. The Hall–Kier alpha value is -3.42. The van der Waals surface area contributed by atoms with Gasteiger partial charge in [0.05, 0.1) is 23.9 Å². The zero-order valence-corrected chi connectivity index (χ0v) is 13.3. The monoisotopic (exact) mass is 359 g/mol. The fourth-order valence-electron chi connectivity index (χ4n) is 2.84. The van der Waals surface area contributed by atoms with E-state index in [1.807, 2.05) is 0 Å². The standard InChI is InChI=1S/C18H11F2NO5/c1-24-14-5-3-2-4-9(14)12-6-11(17(22)23)10-7-15-16(8-13(10)21-12)26-18(19,20)25-15/h2-8H,1H3,(H,22,23). The summed E-state index contributed by atoms with van der Waals surface area (Å²) in [4.78, 5) is 16.1. The number of ether oxygens (including phenoxy) is 3. The van der Waals surface area contributed by atoms with Gasteiger partial charge in [-0.3, -0.25) is 0 Å². The molecule has 1 aliphatic rings. The predicted octanol–water partition coefficient (Wildman–Crippen LogP) is 3.93. The quantitative estimate of drug-likeness (QED) is 0.763. The molecule has 8 heteroatoms. The first-order chi connectivity index (χ1) is 12.4. The van der Waals surface area contributed by atoms with Crippen LogP contribution in [0.4, 0.5) is 8.78 Å². The molecule has 26 heavy (non-hydrogen) atoms. The molecule has 1 aromatic heterocycles. The van der Waals surface area contributed by atoms with Gasteiger partial charge in [0.15, 0.2) is 11.5 Å². The highest BCUT2D eigenvalue weighted by Crippen LogP contribution is 2.44. The fraction of sp³-hybridized carbons (Fsp3) is 0.111. The van der Waals surface area contributed by atoms with Crippen molar-refractivity contribution in [2.45, 2.75) is 6.29 Å². The van der Waals surface area contributed by atoms with Gasteiger partial charge in [0.2, 0.25) is 0 Å². The number of fused-ring (bicyclic) bond motifs is 2. The largest absolute Gasteiger partial charge is 0.586 e. The van der Waals surface area contributed by atoms with Crippen LogP contribution in [-0.4, -0.2) is 29.5 Å². The molecular formula is C18H11F2NO5. The third-order valence-electron chi connectivity index (χ3n) is 3.95. The van der Waals surface area contributed by atoms with E-state index < -0.39 is 12.3 Å². The van der Waals surface area contributed by atoms with E-state index in [0.717, 1.165) is 0 Å². The van der Waals surface area contributed by atoms with Gasteiger partial charge in [0.25, 0.3) is 0 Å². The molecule has 1 aliphatic heterocycles. The third kappa shape index (κ3) is 2.55. The van der Waals surface area contributed by atoms with Crippen LogP contribution in [0.15, 0.2) is 42.5 Å².